The van der Waals surface area contributed by atoms with Gasteiger partial charge in [-0.05, 0) is 28.4 Å². The molecule has 11 heavy (non-hydrogen) atoms. The van der Waals surface area contributed by atoms with E-state index in [9.17, 15) is 4.39 Å². The Kier molecular flexibility index (Phi) is 3.01. The Morgan fingerprint density at radius 1 is 1.64 bits per heavy atom. The van der Waals surface area contributed by atoms with Crippen LogP contribution in [0.4, 0.5) is 4.39 Å². The molecule has 0 bridgehead atoms. The van der Waals surface area contributed by atoms with Gasteiger partial charge >= 0.3 is 0 Å². The van der Waals surface area contributed by atoms with Gasteiger partial charge < -0.3 is 0 Å². The number of aryl methyl sites for hydroxylation is 1. The summed E-state index contributed by atoms with van der Waals surface area (Å²) in [7, 11) is 0. The van der Waals surface area contributed by atoms with E-state index in [-0.39, 0.29) is 10.4 Å². The van der Waals surface area contributed by atoms with Gasteiger partial charge in [-0.2, -0.15) is 0 Å². The first-order valence-electron chi connectivity index (χ1n) is 3.02. The third-order valence-electron chi connectivity index (χ3n) is 1.43. The van der Waals surface area contributed by atoms with E-state index >= 15 is 0 Å². The average molecular weight is 283 g/mol. The van der Waals surface area contributed by atoms with E-state index in [0.717, 1.165) is 5.56 Å². The van der Waals surface area contributed by atoms with Gasteiger partial charge in [-0.3, -0.25) is 0 Å². The van der Waals surface area contributed by atoms with Crippen molar-refractivity contribution in [2.75, 3.05) is 0 Å². The highest BCUT2D eigenvalue weighted by Gasteiger charge is 2.08. The molecule has 0 radical (unpaired) electrons. The zero-order valence-electron chi connectivity index (χ0n) is 5.87. The smallest absolute Gasteiger partial charge is 0.160 e. The number of pyridine rings is 1. The minimum absolute atomic E-state index is 0.276. The molecule has 1 aromatic heterocycles. The summed E-state index contributed by atoms with van der Waals surface area (Å²) in [6, 6.07) is 0. The van der Waals surface area contributed by atoms with Crippen LogP contribution in [0.3, 0.4) is 0 Å². The predicted molar refractivity (Wildman–Crippen MR) is 49.3 cm³/mol. The topological polar surface area (TPSA) is 12.9 Å². The molecule has 1 rings (SSSR count). The standard InChI is InChI=1S/C7H6Br2FN/c1-4-3-11-7(9)6(10)5(4)2-8/h3H,2H2,1H3. The molecule has 4 heteroatoms. The Morgan fingerprint density at radius 3 is 2.73 bits per heavy atom. The summed E-state index contributed by atoms with van der Waals surface area (Å²) in [4.78, 5) is 3.81. The van der Waals surface area contributed by atoms with Crippen molar-refractivity contribution in [1.29, 1.82) is 0 Å². The van der Waals surface area contributed by atoms with Gasteiger partial charge in [0, 0.05) is 17.1 Å². The lowest BCUT2D eigenvalue weighted by Crippen LogP contribution is -1.94. The highest BCUT2D eigenvalue weighted by molar-refractivity contribution is 9.10. The number of aromatic nitrogens is 1. The number of hydrogen-bond acceptors (Lipinski definition) is 1. The van der Waals surface area contributed by atoms with E-state index in [2.05, 4.69) is 36.8 Å². The number of alkyl halides is 1. The zero-order chi connectivity index (χ0) is 8.43. The molecule has 1 aromatic rings. The van der Waals surface area contributed by atoms with Crippen LogP contribution in [0.5, 0.6) is 0 Å². The second-order valence-corrected chi connectivity index (χ2v) is 3.47. The van der Waals surface area contributed by atoms with Crippen LogP contribution in [-0.4, -0.2) is 4.98 Å². The molecule has 0 saturated heterocycles. The third-order valence-corrected chi connectivity index (χ3v) is 2.54. The van der Waals surface area contributed by atoms with Gasteiger partial charge in [0.15, 0.2) is 5.82 Å². The molecule has 0 N–H and O–H groups in total. The predicted octanol–water partition coefficient (Wildman–Crippen LogP) is 3.19. The molecule has 1 nitrogen and oxygen atoms in total. The molecule has 0 aliphatic heterocycles. The molecular formula is C7H6Br2FN. The molecule has 0 unspecified atom stereocenters. The number of rotatable bonds is 1. The van der Waals surface area contributed by atoms with Gasteiger partial charge in [0.05, 0.1) is 0 Å². The summed E-state index contributed by atoms with van der Waals surface area (Å²) in [5.74, 6) is -0.276. The van der Waals surface area contributed by atoms with Crippen molar-refractivity contribution in [3.63, 3.8) is 0 Å². The second-order valence-electron chi connectivity index (χ2n) is 2.16. The summed E-state index contributed by atoms with van der Waals surface area (Å²) in [5, 5.41) is 0.520. The highest BCUT2D eigenvalue weighted by atomic mass is 79.9. The van der Waals surface area contributed by atoms with E-state index in [4.69, 9.17) is 0 Å². The summed E-state index contributed by atoms with van der Waals surface area (Å²) in [6.45, 7) is 1.83. The quantitative estimate of drug-likeness (QED) is 0.569. The van der Waals surface area contributed by atoms with Crippen molar-refractivity contribution in [2.45, 2.75) is 12.3 Å². The van der Waals surface area contributed by atoms with Gasteiger partial charge in [-0.1, -0.05) is 15.9 Å². The van der Waals surface area contributed by atoms with Gasteiger partial charge in [-0.15, -0.1) is 0 Å². The maximum absolute atomic E-state index is 13.1. The van der Waals surface area contributed by atoms with Gasteiger partial charge in [0.25, 0.3) is 0 Å². The molecule has 0 atom stereocenters. The SMILES string of the molecule is Cc1cnc(Br)c(F)c1CBr. The molecular weight excluding hydrogens is 277 g/mol. The van der Waals surface area contributed by atoms with Gasteiger partial charge in [0.2, 0.25) is 0 Å². The lowest BCUT2D eigenvalue weighted by atomic mass is 10.2. The largest absolute Gasteiger partial charge is 0.246 e. The van der Waals surface area contributed by atoms with E-state index in [1.54, 1.807) is 6.20 Å². The van der Waals surface area contributed by atoms with Crippen molar-refractivity contribution < 1.29 is 4.39 Å². The van der Waals surface area contributed by atoms with Gasteiger partial charge in [0.1, 0.15) is 4.60 Å². The summed E-state index contributed by atoms with van der Waals surface area (Å²) in [6.07, 6.45) is 1.64. The molecule has 0 aliphatic rings. The van der Waals surface area contributed by atoms with Crippen LogP contribution in [0.2, 0.25) is 0 Å². The molecule has 0 saturated carbocycles. The number of halogens is 3. The lowest BCUT2D eigenvalue weighted by Gasteiger charge is -2.03. The fraction of sp³-hybridized carbons (Fsp3) is 0.286. The normalized spacial score (nSPS) is 10.2. The van der Waals surface area contributed by atoms with Crippen LogP contribution < -0.4 is 0 Å². The molecule has 0 fully saturated rings. The molecule has 1 heterocycles. The molecule has 0 aliphatic carbocycles. The van der Waals surface area contributed by atoms with Crippen molar-refractivity contribution in [3.8, 4) is 0 Å². The Bertz CT molecular complexity index is 275. The molecule has 0 aromatic carbocycles. The fourth-order valence-corrected chi connectivity index (χ4v) is 1.78. The summed E-state index contributed by atoms with van der Waals surface area (Å²) >= 11 is 6.22. The minimum atomic E-state index is -0.276. The molecule has 0 amide bonds. The Hall–Kier alpha value is 0.0400. The van der Waals surface area contributed by atoms with Crippen LogP contribution in [-0.2, 0) is 5.33 Å². The van der Waals surface area contributed by atoms with E-state index in [1.165, 1.54) is 0 Å². The van der Waals surface area contributed by atoms with Crippen molar-refractivity contribution in [1.82, 2.24) is 4.98 Å². The van der Waals surface area contributed by atoms with Crippen LogP contribution in [0.25, 0.3) is 0 Å². The summed E-state index contributed by atoms with van der Waals surface area (Å²) < 4.78 is 13.4. The zero-order valence-corrected chi connectivity index (χ0v) is 9.04. The minimum Gasteiger partial charge on any atom is -0.246 e. The highest BCUT2D eigenvalue weighted by Crippen LogP contribution is 2.21. The third kappa shape index (κ3) is 1.79. The second kappa shape index (κ2) is 3.63. The monoisotopic (exact) mass is 281 g/mol. The van der Waals surface area contributed by atoms with Crippen molar-refractivity contribution >= 4 is 31.9 Å². The maximum atomic E-state index is 13.1. The first kappa shape index (κ1) is 9.13. The van der Waals surface area contributed by atoms with Crippen LogP contribution >= 0.6 is 31.9 Å². The average Bonchev–Trinajstić information content (AvgIpc) is 1.99. The van der Waals surface area contributed by atoms with Crippen LogP contribution in [0.15, 0.2) is 10.8 Å². The molecule has 0 spiro atoms. The van der Waals surface area contributed by atoms with E-state index < -0.39 is 0 Å². The number of hydrogen-bond donors (Lipinski definition) is 0. The first-order valence-corrected chi connectivity index (χ1v) is 4.93. The van der Waals surface area contributed by atoms with E-state index in [1.807, 2.05) is 6.92 Å². The Balaban J connectivity index is 3.29. The Morgan fingerprint density at radius 2 is 2.27 bits per heavy atom. The molecule has 60 valence electrons. The van der Waals surface area contributed by atoms with Gasteiger partial charge in [-0.25, -0.2) is 9.37 Å². The van der Waals surface area contributed by atoms with Crippen molar-refractivity contribution in [2.24, 2.45) is 0 Å². The van der Waals surface area contributed by atoms with E-state index in [0.29, 0.717) is 10.9 Å². The Labute approximate surface area is 81.3 Å². The first-order chi connectivity index (χ1) is 5.16. The van der Waals surface area contributed by atoms with Crippen molar-refractivity contribution in [3.05, 3.63) is 27.7 Å². The van der Waals surface area contributed by atoms with Crippen LogP contribution in [0, 0.1) is 12.7 Å². The van der Waals surface area contributed by atoms with Crippen LogP contribution in [0.1, 0.15) is 11.1 Å². The fourth-order valence-electron chi connectivity index (χ4n) is 0.750. The lowest BCUT2D eigenvalue weighted by molar-refractivity contribution is 0.600. The summed E-state index contributed by atoms with van der Waals surface area (Å²) in [5.41, 5.74) is 1.52. The number of nitrogens with zero attached hydrogens (tertiary/aromatic N) is 1. The maximum Gasteiger partial charge on any atom is 0.160 e.